The molecule has 2 amide bonds. The Kier molecular flexibility index (Phi) is 7.46. The lowest BCUT2D eigenvalue weighted by atomic mass is 10.0. The summed E-state index contributed by atoms with van der Waals surface area (Å²) in [4.78, 5) is 30.3. The Hall–Kier alpha value is -4.97. The molecule has 228 valence electrons. The van der Waals surface area contributed by atoms with Gasteiger partial charge in [-0.25, -0.2) is 8.78 Å². The van der Waals surface area contributed by atoms with Crippen molar-refractivity contribution in [2.45, 2.75) is 32.3 Å². The molecule has 0 spiro atoms. The zero-order valence-electron chi connectivity index (χ0n) is 23.9. The number of nitrogens with one attached hydrogen (secondary N) is 2. The summed E-state index contributed by atoms with van der Waals surface area (Å²) in [6.07, 6.45) is 2.14. The number of carbonyl (C=O) groups is 2. The van der Waals surface area contributed by atoms with Crippen molar-refractivity contribution in [3.8, 4) is 28.7 Å². The number of ether oxygens (including phenoxy) is 4. The van der Waals surface area contributed by atoms with Gasteiger partial charge in [0.25, 0.3) is 0 Å². The summed E-state index contributed by atoms with van der Waals surface area (Å²) in [5.41, 5.74) is -1.44. The lowest BCUT2D eigenvalue weighted by molar-refractivity contribution is -0.131. The average molecular weight is 606 g/mol. The van der Waals surface area contributed by atoms with Crippen LogP contribution in [0, 0.1) is 17.0 Å². The zero-order chi connectivity index (χ0) is 31.1. The van der Waals surface area contributed by atoms with E-state index in [-0.39, 0.29) is 37.0 Å². The van der Waals surface area contributed by atoms with Crippen LogP contribution in [0.2, 0.25) is 0 Å². The Morgan fingerprint density at radius 3 is 2.23 bits per heavy atom. The van der Waals surface area contributed by atoms with Crippen LogP contribution in [0.5, 0.6) is 28.7 Å². The van der Waals surface area contributed by atoms with E-state index >= 15 is 4.39 Å². The van der Waals surface area contributed by atoms with Crippen LogP contribution in [0.1, 0.15) is 26.7 Å². The Balaban J connectivity index is 1.20. The summed E-state index contributed by atoms with van der Waals surface area (Å²) in [7, 11) is 0. The first-order valence-electron chi connectivity index (χ1n) is 13.9. The van der Waals surface area contributed by atoms with Gasteiger partial charge in [0.1, 0.15) is 36.8 Å². The number of carbonyl (C=O) groups excluding carboxylic acids is 2. The molecule has 4 aromatic rings. The van der Waals surface area contributed by atoms with Gasteiger partial charge < -0.3 is 34.7 Å². The van der Waals surface area contributed by atoms with E-state index in [2.05, 4.69) is 15.6 Å². The summed E-state index contributed by atoms with van der Waals surface area (Å²) in [5, 5.41) is 15.8. The third-order valence-corrected chi connectivity index (χ3v) is 7.16. The van der Waals surface area contributed by atoms with E-state index in [1.165, 1.54) is 42.6 Å². The molecule has 3 N–H and O–H groups in total. The molecule has 2 heterocycles. The van der Waals surface area contributed by atoms with E-state index < -0.39 is 34.5 Å². The van der Waals surface area contributed by atoms with Crippen LogP contribution in [-0.4, -0.2) is 47.3 Å². The minimum atomic E-state index is -1.30. The molecule has 10 nitrogen and oxygen atoms in total. The molecule has 0 atom stereocenters. The molecule has 2 aliphatic rings. The van der Waals surface area contributed by atoms with E-state index in [9.17, 15) is 19.1 Å². The summed E-state index contributed by atoms with van der Waals surface area (Å²) < 4.78 is 52.0. The van der Waals surface area contributed by atoms with Gasteiger partial charge in [-0.05, 0) is 69.2 Å². The van der Waals surface area contributed by atoms with E-state index in [4.69, 9.17) is 18.9 Å². The second-order valence-electron chi connectivity index (χ2n) is 11.3. The van der Waals surface area contributed by atoms with Gasteiger partial charge in [0.2, 0.25) is 17.6 Å². The van der Waals surface area contributed by atoms with Crippen LogP contribution >= 0.6 is 0 Å². The predicted octanol–water partition coefficient (Wildman–Crippen LogP) is 5.58. The molecular formula is C32H29F2N3O7. The lowest BCUT2D eigenvalue weighted by Gasteiger charge is -2.25. The Morgan fingerprint density at radius 1 is 0.909 bits per heavy atom. The largest absolute Gasteiger partial charge is 0.486 e. The van der Waals surface area contributed by atoms with E-state index in [1.54, 1.807) is 26.0 Å². The molecule has 12 heteroatoms. The number of nitrogens with zero attached hydrogens (tertiary/aromatic N) is 1. The van der Waals surface area contributed by atoms with E-state index in [1.807, 2.05) is 0 Å². The predicted molar refractivity (Wildman–Crippen MR) is 156 cm³/mol. The molecule has 6 rings (SSSR count). The first-order chi connectivity index (χ1) is 21.0. The Bertz CT molecular complexity index is 1750. The van der Waals surface area contributed by atoms with Crippen LogP contribution in [0.3, 0.4) is 0 Å². The number of amides is 2. The summed E-state index contributed by atoms with van der Waals surface area (Å²) >= 11 is 0. The molecule has 1 fully saturated rings. The van der Waals surface area contributed by atoms with Crippen LogP contribution in [0.15, 0.2) is 60.8 Å². The highest BCUT2D eigenvalue weighted by Crippen LogP contribution is 2.49. The lowest BCUT2D eigenvalue weighted by Crippen LogP contribution is -2.35. The van der Waals surface area contributed by atoms with Gasteiger partial charge in [-0.15, -0.1) is 0 Å². The molecule has 0 radical (unpaired) electrons. The fourth-order valence-electron chi connectivity index (χ4n) is 4.72. The number of rotatable bonds is 9. The smallest absolute Gasteiger partial charge is 0.240 e. The normalized spacial score (nSPS) is 14.9. The van der Waals surface area contributed by atoms with Gasteiger partial charge in [-0.1, -0.05) is 0 Å². The fraction of sp³-hybridized carbons (Fsp3) is 0.281. The molecule has 1 aliphatic carbocycles. The zero-order valence-corrected chi connectivity index (χ0v) is 23.9. The number of hydrogen-bond donors (Lipinski definition) is 3. The van der Waals surface area contributed by atoms with Crippen molar-refractivity contribution in [2.75, 3.05) is 30.5 Å². The fourth-order valence-corrected chi connectivity index (χ4v) is 4.72. The second kappa shape index (κ2) is 11.3. The molecule has 1 aromatic heterocycles. The maximum Gasteiger partial charge on any atom is 0.240 e. The standard InChI is InChI=1S/C32H29F2N3O7/c1-31(2,40)17-43-25-16-22-26(28-27(25)41-13-14-42-28)24(9-12-35-22)44-23-8-7-20(15-21(23)34)37-30(39)32(10-11-32)29(38)36-19-5-3-18(33)4-6-19/h3-9,12,15-16,40H,10-11,13-14,17H2,1-2H3,(H,36,38)(H,37,39). The molecule has 44 heavy (non-hydrogen) atoms. The summed E-state index contributed by atoms with van der Waals surface area (Å²) in [6, 6.07) is 12.3. The summed E-state index contributed by atoms with van der Waals surface area (Å²) in [6.45, 7) is 3.77. The molecular weight excluding hydrogens is 576 g/mol. The van der Waals surface area contributed by atoms with Crippen molar-refractivity contribution < 1.29 is 42.4 Å². The number of pyridine rings is 1. The number of fused-ring (bicyclic) bond motifs is 3. The van der Waals surface area contributed by atoms with Crippen LogP contribution in [0.4, 0.5) is 20.2 Å². The number of anilines is 2. The minimum absolute atomic E-state index is 0.00135. The highest BCUT2D eigenvalue weighted by atomic mass is 19.1. The highest BCUT2D eigenvalue weighted by Gasteiger charge is 2.56. The first-order valence-corrected chi connectivity index (χ1v) is 13.9. The van der Waals surface area contributed by atoms with Crippen molar-refractivity contribution in [3.63, 3.8) is 0 Å². The van der Waals surface area contributed by atoms with E-state index in [0.29, 0.717) is 46.7 Å². The minimum Gasteiger partial charge on any atom is -0.486 e. The van der Waals surface area contributed by atoms with Gasteiger partial charge >= 0.3 is 0 Å². The van der Waals surface area contributed by atoms with Gasteiger partial charge in [0.15, 0.2) is 23.1 Å². The molecule has 0 unspecified atom stereocenters. The number of hydrogen-bond acceptors (Lipinski definition) is 8. The van der Waals surface area contributed by atoms with Crippen LogP contribution < -0.4 is 29.6 Å². The van der Waals surface area contributed by atoms with Gasteiger partial charge in [-0.3, -0.25) is 14.6 Å². The molecule has 0 saturated heterocycles. The quantitative estimate of drug-likeness (QED) is 0.211. The molecule has 0 bridgehead atoms. The molecule has 1 saturated carbocycles. The van der Waals surface area contributed by atoms with Crippen molar-refractivity contribution in [2.24, 2.45) is 5.41 Å². The van der Waals surface area contributed by atoms with Gasteiger partial charge in [-0.2, -0.15) is 0 Å². The van der Waals surface area contributed by atoms with E-state index in [0.717, 1.165) is 6.07 Å². The monoisotopic (exact) mass is 605 g/mol. The first kappa shape index (κ1) is 29.1. The number of aromatic nitrogens is 1. The number of benzene rings is 3. The van der Waals surface area contributed by atoms with Crippen molar-refractivity contribution in [1.82, 2.24) is 4.98 Å². The van der Waals surface area contributed by atoms with Crippen molar-refractivity contribution in [3.05, 3.63) is 72.4 Å². The Morgan fingerprint density at radius 2 is 1.57 bits per heavy atom. The number of halogens is 2. The average Bonchev–Trinajstić information content (AvgIpc) is 3.81. The summed E-state index contributed by atoms with van der Waals surface area (Å²) in [5.74, 6) is -1.20. The maximum absolute atomic E-state index is 15.3. The van der Waals surface area contributed by atoms with Crippen molar-refractivity contribution in [1.29, 1.82) is 0 Å². The Labute approximate surface area is 250 Å². The third kappa shape index (κ3) is 5.93. The highest BCUT2D eigenvalue weighted by molar-refractivity contribution is 6.16. The van der Waals surface area contributed by atoms with Gasteiger partial charge in [0, 0.05) is 29.7 Å². The van der Waals surface area contributed by atoms with Crippen molar-refractivity contribution >= 4 is 34.1 Å². The van der Waals surface area contributed by atoms with Crippen LogP contribution in [0.25, 0.3) is 10.9 Å². The molecule has 1 aliphatic heterocycles. The third-order valence-electron chi connectivity index (χ3n) is 7.16. The molecule has 3 aromatic carbocycles. The van der Waals surface area contributed by atoms with Gasteiger partial charge in [0.05, 0.1) is 16.5 Å². The number of aliphatic hydroxyl groups is 1. The maximum atomic E-state index is 15.3. The van der Waals surface area contributed by atoms with Crippen LogP contribution in [-0.2, 0) is 9.59 Å². The topological polar surface area (TPSA) is 128 Å². The SMILES string of the molecule is CC(C)(O)COc1cc2nccc(Oc3ccc(NC(=O)C4(C(=O)Nc5ccc(F)cc5)CC4)cc3F)c2c2c1OCCO2. The second-order valence-corrected chi connectivity index (χ2v) is 11.3.